The van der Waals surface area contributed by atoms with Crippen molar-refractivity contribution in [2.75, 3.05) is 0 Å². The van der Waals surface area contributed by atoms with Crippen molar-refractivity contribution in [3.8, 4) is 22.5 Å². The predicted octanol–water partition coefficient (Wildman–Crippen LogP) is 6.30. The van der Waals surface area contributed by atoms with E-state index in [1.807, 2.05) is 0 Å². The number of carbonyl (C=O) groups excluding carboxylic acids is 1. The molecule has 1 fully saturated rings. The van der Waals surface area contributed by atoms with Crippen molar-refractivity contribution in [2.24, 2.45) is 0 Å². The Kier molecular flexibility index (Phi) is 5.82. The third kappa shape index (κ3) is 4.60. The van der Waals surface area contributed by atoms with E-state index in [1.165, 1.54) is 30.7 Å². The summed E-state index contributed by atoms with van der Waals surface area (Å²) in [6, 6.07) is 17.5. The van der Waals surface area contributed by atoms with Crippen LogP contribution < -0.4 is 5.32 Å². The summed E-state index contributed by atoms with van der Waals surface area (Å²) in [5, 5.41) is 3.13. The molecule has 3 aromatic carbocycles. The van der Waals surface area contributed by atoms with Gasteiger partial charge in [0, 0.05) is 22.7 Å². The average molecular weight is 443 g/mol. The van der Waals surface area contributed by atoms with Crippen LogP contribution in [0.4, 0.5) is 8.78 Å². The van der Waals surface area contributed by atoms with Gasteiger partial charge < -0.3 is 5.32 Å². The number of benzene rings is 3. The first kappa shape index (κ1) is 21.2. The molecule has 33 heavy (non-hydrogen) atoms. The van der Waals surface area contributed by atoms with Crippen LogP contribution in [0.15, 0.2) is 66.7 Å². The van der Waals surface area contributed by atoms with E-state index in [9.17, 15) is 13.6 Å². The Morgan fingerprint density at radius 2 is 1.27 bits per heavy atom. The van der Waals surface area contributed by atoms with Crippen molar-refractivity contribution in [1.29, 1.82) is 0 Å². The molecule has 0 bridgehead atoms. The fourth-order valence-electron chi connectivity index (χ4n) is 4.33. The van der Waals surface area contributed by atoms with Crippen molar-refractivity contribution in [3.63, 3.8) is 0 Å². The third-order valence-electron chi connectivity index (χ3n) is 6.10. The first-order valence-electron chi connectivity index (χ1n) is 11.2. The van der Waals surface area contributed by atoms with E-state index < -0.39 is 0 Å². The quantitative estimate of drug-likeness (QED) is 0.402. The van der Waals surface area contributed by atoms with Crippen LogP contribution >= 0.6 is 0 Å². The molecule has 1 aromatic heterocycles. The second kappa shape index (κ2) is 9.06. The average Bonchev–Trinajstić information content (AvgIpc) is 2.84. The molecular weight excluding hydrogens is 420 g/mol. The normalized spacial score (nSPS) is 14.4. The van der Waals surface area contributed by atoms with Gasteiger partial charge >= 0.3 is 0 Å². The molecule has 5 rings (SSSR count). The number of nitrogens with zero attached hydrogens (tertiary/aromatic N) is 2. The topological polar surface area (TPSA) is 54.9 Å². The Balaban J connectivity index is 1.57. The number of carbonyl (C=O) groups is 1. The molecule has 1 amide bonds. The van der Waals surface area contributed by atoms with Crippen LogP contribution in [0, 0.1) is 11.6 Å². The minimum Gasteiger partial charge on any atom is -0.349 e. The van der Waals surface area contributed by atoms with Gasteiger partial charge in [-0.3, -0.25) is 4.79 Å². The van der Waals surface area contributed by atoms with Crippen molar-refractivity contribution in [1.82, 2.24) is 15.3 Å². The van der Waals surface area contributed by atoms with Crippen molar-refractivity contribution < 1.29 is 13.6 Å². The maximum Gasteiger partial charge on any atom is 0.251 e. The lowest BCUT2D eigenvalue weighted by Crippen LogP contribution is -2.36. The zero-order valence-corrected chi connectivity index (χ0v) is 18.0. The second-order valence-corrected chi connectivity index (χ2v) is 8.45. The predicted molar refractivity (Wildman–Crippen MR) is 125 cm³/mol. The van der Waals surface area contributed by atoms with Gasteiger partial charge in [0.15, 0.2) is 0 Å². The Morgan fingerprint density at radius 3 is 1.85 bits per heavy atom. The van der Waals surface area contributed by atoms with Crippen LogP contribution in [0.25, 0.3) is 33.5 Å². The largest absolute Gasteiger partial charge is 0.349 e. The standard InChI is InChI=1S/C27H23F2N3O/c28-20-11-6-17(7-12-20)25-26(18-8-13-21(29)14-9-18)32-24-16-19(10-15-23(24)31-25)27(33)30-22-4-2-1-3-5-22/h6-16,22H,1-5H2,(H,30,33). The number of halogens is 2. The summed E-state index contributed by atoms with van der Waals surface area (Å²) in [5.74, 6) is -0.807. The molecule has 0 unspecified atom stereocenters. The van der Waals surface area contributed by atoms with Crippen LogP contribution in [0.1, 0.15) is 42.5 Å². The number of hydrogen-bond acceptors (Lipinski definition) is 3. The first-order valence-corrected chi connectivity index (χ1v) is 11.2. The van der Waals surface area contributed by atoms with Gasteiger partial charge in [0.2, 0.25) is 0 Å². The molecule has 1 aliphatic carbocycles. The summed E-state index contributed by atoms with van der Waals surface area (Å²) < 4.78 is 27.0. The molecule has 1 aliphatic rings. The molecule has 0 radical (unpaired) electrons. The summed E-state index contributed by atoms with van der Waals surface area (Å²) in [6.45, 7) is 0. The number of aromatic nitrogens is 2. The van der Waals surface area contributed by atoms with Crippen LogP contribution in [-0.4, -0.2) is 21.9 Å². The molecule has 0 spiro atoms. The molecule has 1 heterocycles. The minimum absolute atomic E-state index is 0.114. The van der Waals surface area contributed by atoms with Crippen LogP contribution in [0.3, 0.4) is 0 Å². The number of fused-ring (bicyclic) bond motifs is 1. The minimum atomic E-state index is -0.350. The fourth-order valence-corrected chi connectivity index (χ4v) is 4.33. The number of rotatable bonds is 4. The molecule has 1 N–H and O–H groups in total. The lowest BCUT2D eigenvalue weighted by atomic mass is 9.95. The number of nitrogens with one attached hydrogen (secondary N) is 1. The van der Waals surface area contributed by atoms with E-state index in [0.29, 0.717) is 39.1 Å². The Hall–Kier alpha value is -3.67. The first-order chi connectivity index (χ1) is 16.1. The lowest BCUT2D eigenvalue weighted by molar-refractivity contribution is 0.0928. The summed E-state index contributed by atoms with van der Waals surface area (Å²) in [4.78, 5) is 22.4. The van der Waals surface area contributed by atoms with Crippen LogP contribution in [-0.2, 0) is 0 Å². The molecular formula is C27H23F2N3O. The summed E-state index contributed by atoms with van der Waals surface area (Å²) in [7, 11) is 0. The van der Waals surface area contributed by atoms with Crippen LogP contribution in [0.2, 0.25) is 0 Å². The Labute approximate surface area is 190 Å². The van der Waals surface area contributed by atoms with E-state index in [2.05, 4.69) is 5.32 Å². The van der Waals surface area contributed by atoms with Crippen molar-refractivity contribution >= 4 is 16.9 Å². The highest BCUT2D eigenvalue weighted by Gasteiger charge is 2.18. The van der Waals surface area contributed by atoms with E-state index in [1.54, 1.807) is 42.5 Å². The fraction of sp³-hybridized carbons (Fsp3) is 0.222. The highest BCUT2D eigenvalue weighted by molar-refractivity contribution is 5.98. The molecule has 4 aromatic rings. The van der Waals surface area contributed by atoms with E-state index in [4.69, 9.17) is 9.97 Å². The van der Waals surface area contributed by atoms with E-state index in [-0.39, 0.29) is 23.6 Å². The van der Waals surface area contributed by atoms with Gasteiger partial charge in [-0.2, -0.15) is 0 Å². The van der Waals surface area contributed by atoms with Gasteiger partial charge in [0.05, 0.1) is 22.4 Å². The molecule has 0 saturated heterocycles. The highest BCUT2D eigenvalue weighted by atomic mass is 19.1. The molecule has 0 atom stereocenters. The van der Waals surface area contributed by atoms with Crippen molar-refractivity contribution in [3.05, 3.63) is 83.9 Å². The molecule has 4 nitrogen and oxygen atoms in total. The van der Waals surface area contributed by atoms with Gasteiger partial charge in [-0.1, -0.05) is 19.3 Å². The maximum absolute atomic E-state index is 13.5. The molecule has 0 aliphatic heterocycles. The zero-order chi connectivity index (χ0) is 22.8. The number of hydrogen-bond donors (Lipinski definition) is 1. The highest BCUT2D eigenvalue weighted by Crippen LogP contribution is 2.31. The van der Waals surface area contributed by atoms with Crippen LogP contribution in [0.5, 0.6) is 0 Å². The molecule has 1 saturated carbocycles. The van der Waals surface area contributed by atoms with E-state index >= 15 is 0 Å². The molecule has 166 valence electrons. The lowest BCUT2D eigenvalue weighted by Gasteiger charge is -2.22. The van der Waals surface area contributed by atoms with Gasteiger partial charge in [0.1, 0.15) is 11.6 Å². The molecule has 6 heteroatoms. The van der Waals surface area contributed by atoms with Gasteiger partial charge in [0.25, 0.3) is 5.91 Å². The Morgan fingerprint density at radius 1 is 0.727 bits per heavy atom. The van der Waals surface area contributed by atoms with Gasteiger partial charge in [-0.05, 0) is 79.6 Å². The second-order valence-electron chi connectivity index (χ2n) is 8.45. The SMILES string of the molecule is O=C(NC1CCCCC1)c1ccc2nc(-c3ccc(F)cc3)c(-c3ccc(F)cc3)nc2c1. The van der Waals surface area contributed by atoms with Gasteiger partial charge in [-0.15, -0.1) is 0 Å². The summed E-state index contributed by atoms with van der Waals surface area (Å²) >= 11 is 0. The summed E-state index contributed by atoms with van der Waals surface area (Å²) in [6.07, 6.45) is 5.52. The monoisotopic (exact) mass is 443 g/mol. The number of amides is 1. The third-order valence-corrected chi connectivity index (χ3v) is 6.10. The smallest absolute Gasteiger partial charge is 0.251 e. The van der Waals surface area contributed by atoms with E-state index in [0.717, 1.165) is 25.7 Å². The maximum atomic E-state index is 13.5. The van der Waals surface area contributed by atoms with Gasteiger partial charge in [-0.25, -0.2) is 18.7 Å². The van der Waals surface area contributed by atoms with Crippen molar-refractivity contribution in [2.45, 2.75) is 38.1 Å². The summed E-state index contributed by atoms with van der Waals surface area (Å²) in [5.41, 5.74) is 4.20. The zero-order valence-electron chi connectivity index (χ0n) is 18.0. The Bertz CT molecular complexity index is 1300.